The summed E-state index contributed by atoms with van der Waals surface area (Å²) in [5, 5.41) is 11.8. The molecule has 0 radical (unpaired) electrons. The van der Waals surface area contributed by atoms with Gasteiger partial charge in [-0.15, -0.1) is 10.2 Å². The number of fused-ring (bicyclic) bond motifs is 1. The minimum atomic E-state index is 0.277. The van der Waals surface area contributed by atoms with E-state index >= 15 is 0 Å². The van der Waals surface area contributed by atoms with Crippen LogP contribution in [0.3, 0.4) is 0 Å². The Bertz CT molecular complexity index is 583. The Morgan fingerprint density at radius 3 is 3.20 bits per heavy atom. The van der Waals surface area contributed by atoms with Crippen LogP contribution < -0.4 is 10.2 Å². The molecule has 3 rings (SSSR count). The molecule has 3 heterocycles. The normalized spacial score (nSPS) is 19.7. The summed E-state index contributed by atoms with van der Waals surface area (Å²) < 4.78 is 7.57. The van der Waals surface area contributed by atoms with Gasteiger partial charge in [-0.1, -0.05) is 6.92 Å². The molecule has 1 saturated heterocycles. The second-order valence-corrected chi connectivity index (χ2v) is 4.92. The summed E-state index contributed by atoms with van der Waals surface area (Å²) in [6.45, 7) is 8.14. The maximum atomic E-state index is 5.60. The fourth-order valence-electron chi connectivity index (χ4n) is 2.54. The molecule has 1 unspecified atom stereocenters. The topological polar surface area (TPSA) is 67.6 Å². The van der Waals surface area contributed by atoms with E-state index in [1.165, 1.54) is 0 Å². The number of aryl methyl sites for hydroxylation is 1. The van der Waals surface area contributed by atoms with Crippen molar-refractivity contribution in [1.82, 2.24) is 24.9 Å². The number of ether oxygens (including phenoxy) is 1. The highest BCUT2D eigenvalue weighted by Gasteiger charge is 2.26. The van der Waals surface area contributed by atoms with Gasteiger partial charge in [0, 0.05) is 25.5 Å². The Morgan fingerprint density at radius 1 is 1.45 bits per heavy atom. The van der Waals surface area contributed by atoms with Gasteiger partial charge in [-0.05, 0) is 13.5 Å². The van der Waals surface area contributed by atoms with Gasteiger partial charge in [0.05, 0.1) is 19.3 Å². The SMILES string of the molecule is CCNCC1COCCN1c1nccn2c(C)nnc12. The van der Waals surface area contributed by atoms with Crippen molar-refractivity contribution in [3.8, 4) is 0 Å². The summed E-state index contributed by atoms with van der Waals surface area (Å²) in [5.41, 5.74) is 0.813. The molecule has 0 spiro atoms. The Labute approximate surface area is 118 Å². The van der Waals surface area contributed by atoms with Crippen LogP contribution in [-0.4, -0.2) is 58.5 Å². The first-order valence-electron chi connectivity index (χ1n) is 7.02. The van der Waals surface area contributed by atoms with Gasteiger partial charge in [-0.3, -0.25) is 4.40 Å². The van der Waals surface area contributed by atoms with Crippen LogP contribution in [0.15, 0.2) is 12.4 Å². The first kappa shape index (κ1) is 13.3. The molecule has 2 aromatic heterocycles. The molecule has 0 aromatic carbocycles. The van der Waals surface area contributed by atoms with E-state index in [1.807, 2.05) is 17.5 Å². The highest BCUT2D eigenvalue weighted by Crippen LogP contribution is 2.21. The van der Waals surface area contributed by atoms with Crippen molar-refractivity contribution in [2.75, 3.05) is 37.7 Å². The van der Waals surface area contributed by atoms with E-state index in [1.54, 1.807) is 6.20 Å². The summed E-state index contributed by atoms with van der Waals surface area (Å²) in [5.74, 6) is 1.76. The minimum absolute atomic E-state index is 0.277. The number of hydrogen-bond acceptors (Lipinski definition) is 6. The molecule has 7 nitrogen and oxygen atoms in total. The lowest BCUT2D eigenvalue weighted by atomic mass is 10.2. The van der Waals surface area contributed by atoms with Crippen molar-refractivity contribution in [3.63, 3.8) is 0 Å². The maximum absolute atomic E-state index is 5.60. The van der Waals surface area contributed by atoms with E-state index in [0.717, 1.165) is 43.5 Å². The van der Waals surface area contributed by atoms with Crippen LogP contribution in [0.5, 0.6) is 0 Å². The number of morpholine rings is 1. The van der Waals surface area contributed by atoms with Crippen molar-refractivity contribution in [1.29, 1.82) is 0 Å². The number of rotatable bonds is 4. The third kappa shape index (κ3) is 2.34. The lowest BCUT2D eigenvalue weighted by Gasteiger charge is -2.36. The van der Waals surface area contributed by atoms with Crippen LogP contribution in [0.1, 0.15) is 12.7 Å². The third-order valence-corrected chi connectivity index (χ3v) is 3.61. The fourth-order valence-corrected chi connectivity index (χ4v) is 2.54. The monoisotopic (exact) mass is 276 g/mol. The quantitative estimate of drug-likeness (QED) is 0.863. The van der Waals surface area contributed by atoms with Crippen molar-refractivity contribution in [2.24, 2.45) is 0 Å². The predicted molar refractivity (Wildman–Crippen MR) is 76.0 cm³/mol. The van der Waals surface area contributed by atoms with E-state index in [2.05, 4.69) is 32.3 Å². The zero-order valence-corrected chi connectivity index (χ0v) is 11.9. The molecule has 1 fully saturated rings. The molecule has 1 aliphatic heterocycles. The Hall–Kier alpha value is -1.73. The van der Waals surface area contributed by atoms with Gasteiger partial charge in [0.15, 0.2) is 5.82 Å². The molecule has 7 heteroatoms. The molecule has 1 aliphatic rings. The van der Waals surface area contributed by atoms with Gasteiger partial charge >= 0.3 is 0 Å². The first-order chi connectivity index (χ1) is 9.81. The van der Waals surface area contributed by atoms with Gasteiger partial charge in [0.1, 0.15) is 5.82 Å². The lowest BCUT2D eigenvalue weighted by molar-refractivity contribution is 0.0936. The zero-order chi connectivity index (χ0) is 13.9. The van der Waals surface area contributed by atoms with E-state index in [9.17, 15) is 0 Å². The molecule has 0 saturated carbocycles. The maximum Gasteiger partial charge on any atom is 0.203 e. The number of anilines is 1. The second kappa shape index (κ2) is 5.72. The number of hydrogen-bond donors (Lipinski definition) is 1. The second-order valence-electron chi connectivity index (χ2n) is 4.92. The predicted octanol–water partition coefficient (Wildman–Crippen LogP) is 0.247. The molecule has 2 aromatic rings. The molecule has 1 N–H and O–H groups in total. The zero-order valence-electron chi connectivity index (χ0n) is 11.9. The highest BCUT2D eigenvalue weighted by molar-refractivity contribution is 5.64. The van der Waals surface area contributed by atoms with E-state index in [0.29, 0.717) is 6.61 Å². The van der Waals surface area contributed by atoms with Gasteiger partial charge < -0.3 is 15.0 Å². The number of nitrogens with zero attached hydrogens (tertiary/aromatic N) is 5. The van der Waals surface area contributed by atoms with Gasteiger partial charge in [-0.25, -0.2) is 4.98 Å². The number of likely N-dealkylation sites (N-methyl/N-ethyl adjacent to an activating group) is 1. The summed E-state index contributed by atoms with van der Waals surface area (Å²) in [7, 11) is 0. The van der Waals surface area contributed by atoms with E-state index < -0.39 is 0 Å². The molecular weight excluding hydrogens is 256 g/mol. The molecule has 108 valence electrons. The van der Waals surface area contributed by atoms with Crippen molar-refractivity contribution in [2.45, 2.75) is 19.9 Å². The standard InChI is InChI=1S/C13H20N6O/c1-3-14-8-11-9-20-7-6-19(11)12-13-17-16-10(2)18(13)5-4-15-12/h4-5,11,14H,3,6-9H2,1-2H3. The van der Waals surface area contributed by atoms with Crippen LogP contribution in [0.4, 0.5) is 5.82 Å². The lowest BCUT2D eigenvalue weighted by Crippen LogP contribution is -2.51. The van der Waals surface area contributed by atoms with Crippen LogP contribution in [-0.2, 0) is 4.74 Å². The molecular formula is C13H20N6O. The number of nitrogens with one attached hydrogen (secondary N) is 1. The Balaban J connectivity index is 1.95. The first-order valence-corrected chi connectivity index (χ1v) is 7.02. The van der Waals surface area contributed by atoms with Gasteiger partial charge in [-0.2, -0.15) is 0 Å². The van der Waals surface area contributed by atoms with Gasteiger partial charge in [0.25, 0.3) is 0 Å². The molecule has 0 amide bonds. The van der Waals surface area contributed by atoms with E-state index in [4.69, 9.17) is 4.74 Å². The summed E-state index contributed by atoms with van der Waals surface area (Å²) >= 11 is 0. The average molecular weight is 276 g/mol. The molecule has 20 heavy (non-hydrogen) atoms. The van der Waals surface area contributed by atoms with Crippen LogP contribution in [0, 0.1) is 6.92 Å². The van der Waals surface area contributed by atoms with E-state index in [-0.39, 0.29) is 6.04 Å². The largest absolute Gasteiger partial charge is 0.377 e. The van der Waals surface area contributed by atoms with Crippen molar-refractivity contribution in [3.05, 3.63) is 18.2 Å². The summed E-state index contributed by atoms with van der Waals surface area (Å²) in [6, 6.07) is 0.277. The Kier molecular flexibility index (Phi) is 3.79. The Morgan fingerprint density at radius 2 is 2.35 bits per heavy atom. The third-order valence-electron chi connectivity index (χ3n) is 3.61. The van der Waals surface area contributed by atoms with Crippen molar-refractivity contribution < 1.29 is 4.74 Å². The smallest absolute Gasteiger partial charge is 0.203 e. The number of aromatic nitrogens is 4. The fraction of sp³-hybridized carbons (Fsp3) is 0.615. The summed E-state index contributed by atoms with van der Waals surface area (Å²) in [4.78, 5) is 6.79. The molecule has 1 atom stereocenters. The minimum Gasteiger partial charge on any atom is -0.377 e. The van der Waals surface area contributed by atoms with Crippen LogP contribution in [0.2, 0.25) is 0 Å². The summed E-state index contributed by atoms with van der Waals surface area (Å²) in [6.07, 6.45) is 3.70. The highest BCUT2D eigenvalue weighted by atomic mass is 16.5. The molecule has 0 bridgehead atoms. The van der Waals surface area contributed by atoms with Crippen LogP contribution >= 0.6 is 0 Å². The van der Waals surface area contributed by atoms with Gasteiger partial charge in [0.2, 0.25) is 5.65 Å². The van der Waals surface area contributed by atoms with Crippen molar-refractivity contribution >= 4 is 11.5 Å². The van der Waals surface area contributed by atoms with Crippen LogP contribution in [0.25, 0.3) is 5.65 Å². The average Bonchev–Trinajstić information content (AvgIpc) is 2.87. The molecule has 0 aliphatic carbocycles.